The topological polar surface area (TPSA) is 0 Å². The summed E-state index contributed by atoms with van der Waals surface area (Å²) in [6, 6.07) is 41.1. The largest absolute Gasteiger partial charge is 0.121 e. The SMILES string of the molecule is Cc1ccc(C(C)C)cc1.[Cl][Ru][Cl].c1ccc(SCP(c2ccccc2)c2ccccc2)cc1. The van der Waals surface area contributed by atoms with Crippen molar-refractivity contribution in [3.8, 4) is 0 Å². The van der Waals surface area contributed by atoms with Crippen LogP contribution in [-0.2, 0) is 15.1 Å². The Labute approximate surface area is 226 Å². The van der Waals surface area contributed by atoms with Crippen molar-refractivity contribution in [3.05, 3.63) is 126 Å². The zero-order chi connectivity index (χ0) is 24.6. The maximum absolute atomic E-state index is 4.85. The van der Waals surface area contributed by atoms with Gasteiger partial charge in [-0.25, -0.2) is 0 Å². The Hall–Kier alpha value is -1.14. The number of benzene rings is 4. The Morgan fingerprint density at radius 3 is 1.50 bits per heavy atom. The average molecular weight is 615 g/mol. The van der Waals surface area contributed by atoms with Gasteiger partial charge < -0.3 is 0 Å². The van der Waals surface area contributed by atoms with Crippen molar-refractivity contribution < 1.29 is 15.1 Å². The molecule has 0 amide bonds. The second-order valence-electron chi connectivity index (χ2n) is 7.80. The number of thioether (sulfide) groups is 1. The molecule has 4 aromatic carbocycles. The zero-order valence-corrected chi connectivity index (χ0v) is 24.7. The van der Waals surface area contributed by atoms with Gasteiger partial charge in [-0.15, -0.1) is 11.8 Å². The fourth-order valence-corrected chi connectivity index (χ4v) is 7.14. The van der Waals surface area contributed by atoms with E-state index >= 15 is 0 Å². The van der Waals surface area contributed by atoms with E-state index in [-0.39, 0.29) is 23.1 Å². The van der Waals surface area contributed by atoms with Crippen molar-refractivity contribution in [3.63, 3.8) is 0 Å². The van der Waals surface area contributed by atoms with Crippen LogP contribution < -0.4 is 10.6 Å². The first kappa shape index (κ1) is 29.1. The van der Waals surface area contributed by atoms with Crippen molar-refractivity contribution in [2.75, 3.05) is 5.49 Å². The molecule has 0 aliphatic carbocycles. The zero-order valence-electron chi connectivity index (χ0n) is 19.7. The Morgan fingerprint density at radius 1 is 0.676 bits per heavy atom. The minimum Gasteiger partial charge on any atom is -0.121 e. The third-order valence-corrected chi connectivity index (χ3v) is 8.98. The molecule has 0 atom stereocenters. The molecule has 0 unspecified atom stereocenters. The Bertz CT molecular complexity index is 990. The fraction of sp³-hybridized carbons (Fsp3) is 0.172. The van der Waals surface area contributed by atoms with Crippen molar-refractivity contribution >= 4 is 49.7 Å². The van der Waals surface area contributed by atoms with Gasteiger partial charge >= 0.3 is 34.5 Å². The maximum Gasteiger partial charge on any atom is 0.0264 e. The van der Waals surface area contributed by atoms with Crippen LogP contribution in [-0.4, -0.2) is 5.49 Å². The molecule has 180 valence electrons. The van der Waals surface area contributed by atoms with Gasteiger partial charge in [0, 0.05) is 10.4 Å². The average Bonchev–Trinajstić information content (AvgIpc) is 2.87. The molecular weight excluding hydrogens is 583 g/mol. The summed E-state index contributed by atoms with van der Waals surface area (Å²) in [5, 5.41) is 2.89. The smallest absolute Gasteiger partial charge is 0.0264 e. The van der Waals surface area contributed by atoms with Gasteiger partial charge in [-0.2, -0.15) is 0 Å². The predicted molar refractivity (Wildman–Crippen MR) is 153 cm³/mol. The summed E-state index contributed by atoms with van der Waals surface area (Å²) in [6.07, 6.45) is 0. The van der Waals surface area contributed by atoms with Crippen molar-refractivity contribution in [2.45, 2.75) is 31.6 Å². The van der Waals surface area contributed by atoms with Crippen molar-refractivity contribution in [2.24, 2.45) is 0 Å². The van der Waals surface area contributed by atoms with E-state index in [2.05, 4.69) is 136 Å². The molecule has 0 fully saturated rings. The number of aryl methyl sites for hydroxylation is 1. The van der Waals surface area contributed by atoms with Gasteiger partial charge in [0.05, 0.1) is 0 Å². The van der Waals surface area contributed by atoms with Crippen LogP contribution in [0.1, 0.15) is 30.9 Å². The summed E-state index contributed by atoms with van der Waals surface area (Å²) in [4.78, 5) is 1.34. The van der Waals surface area contributed by atoms with E-state index < -0.39 is 0 Å². The van der Waals surface area contributed by atoms with E-state index in [9.17, 15) is 0 Å². The molecule has 0 heterocycles. The molecule has 0 spiro atoms. The van der Waals surface area contributed by atoms with Crippen LogP contribution in [0.15, 0.2) is 120 Å². The number of rotatable bonds is 6. The third kappa shape index (κ3) is 11.1. The van der Waals surface area contributed by atoms with Crippen LogP contribution in [0.3, 0.4) is 0 Å². The second kappa shape index (κ2) is 17.3. The van der Waals surface area contributed by atoms with Gasteiger partial charge in [0.15, 0.2) is 0 Å². The van der Waals surface area contributed by atoms with E-state index in [0.29, 0.717) is 5.92 Å². The van der Waals surface area contributed by atoms with Gasteiger partial charge in [0.25, 0.3) is 0 Å². The summed E-state index contributed by atoms with van der Waals surface area (Å²) in [6.45, 7) is 6.54. The van der Waals surface area contributed by atoms with Gasteiger partial charge in [-0.3, -0.25) is 0 Å². The molecule has 0 aromatic heterocycles. The molecule has 34 heavy (non-hydrogen) atoms. The number of hydrogen-bond donors (Lipinski definition) is 0. The second-order valence-corrected chi connectivity index (χ2v) is 14.1. The van der Waals surface area contributed by atoms with Crippen LogP contribution in [0.5, 0.6) is 0 Å². The molecule has 0 N–H and O–H groups in total. The van der Waals surface area contributed by atoms with E-state index in [1.165, 1.54) is 26.6 Å². The molecule has 0 bridgehead atoms. The summed E-state index contributed by atoms with van der Waals surface area (Å²) in [7, 11) is 9.40. The summed E-state index contributed by atoms with van der Waals surface area (Å²) in [5.41, 5.74) is 3.88. The quantitative estimate of drug-likeness (QED) is 0.119. The van der Waals surface area contributed by atoms with Gasteiger partial charge in [-0.1, -0.05) is 123 Å². The van der Waals surface area contributed by atoms with Gasteiger partial charge in [0.2, 0.25) is 0 Å². The summed E-state index contributed by atoms with van der Waals surface area (Å²) in [5.74, 6) is 0.653. The maximum atomic E-state index is 4.85. The molecule has 0 saturated heterocycles. The molecule has 4 aromatic rings. The van der Waals surface area contributed by atoms with Crippen molar-refractivity contribution in [1.82, 2.24) is 0 Å². The van der Waals surface area contributed by atoms with Crippen LogP contribution in [0.4, 0.5) is 0 Å². The molecule has 4 rings (SSSR count). The Morgan fingerprint density at radius 2 is 1.09 bits per heavy atom. The van der Waals surface area contributed by atoms with Gasteiger partial charge in [-0.05, 0) is 49.1 Å². The Balaban J connectivity index is 0.000000263. The van der Waals surface area contributed by atoms with E-state index in [0.717, 1.165) is 5.49 Å². The van der Waals surface area contributed by atoms with Crippen molar-refractivity contribution in [1.29, 1.82) is 0 Å². The van der Waals surface area contributed by atoms with E-state index in [1.807, 2.05) is 11.8 Å². The first-order valence-electron chi connectivity index (χ1n) is 11.0. The van der Waals surface area contributed by atoms with Crippen LogP contribution in [0.25, 0.3) is 0 Å². The minimum absolute atomic E-state index is 0.312. The third-order valence-electron chi connectivity index (χ3n) is 4.98. The van der Waals surface area contributed by atoms with E-state index in [1.54, 1.807) is 0 Å². The fourth-order valence-electron chi connectivity index (χ4n) is 3.12. The van der Waals surface area contributed by atoms with Crippen LogP contribution in [0, 0.1) is 6.92 Å². The summed E-state index contributed by atoms with van der Waals surface area (Å²) >= 11 is 1.60. The molecular formula is C29H31Cl2PRuS. The van der Waals surface area contributed by atoms with Crippen LogP contribution in [0.2, 0.25) is 0 Å². The molecule has 0 aliphatic rings. The van der Waals surface area contributed by atoms with Gasteiger partial charge in [0.1, 0.15) is 0 Å². The first-order valence-corrected chi connectivity index (χ1v) is 18.0. The predicted octanol–water partition coefficient (Wildman–Crippen LogP) is 9.36. The Kier molecular flexibility index (Phi) is 14.8. The van der Waals surface area contributed by atoms with E-state index in [4.69, 9.17) is 19.4 Å². The number of halogens is 2. The number of hydrogen-bond acceptors (Lipinski definition) is 1. The summed E-state index contributed by atoms with van der Waals surface area (Å²) < 4.78 is 0. The standard InChI is InChI=1S/C19H17PS.C10H14.2ClH.Ru/c1-4-10-17(11-5-1)20(18-12-6-2-7-13-18)16-21-19-14-8-3-9-15-19;1-8(2)10-6-4-9(3)5-7-10;;;/h1-15H,16H2;4-8H,1-3H3;2*1H;/q;;;;+2/p-2. The molecule has 0 nitrogen and oxygen atoms in total. The molecule has 0 saturated carbocycles. The minimum atomic E-state index is -0.346. The first-order chi connectivity index (χ1) is 16.5. The van der Waals surface area contributed by atoms with Crippen LogP contribution >= 0.6 is 39.1 Å². The normalized spacial score (nSPS) is 10.3. The monoisotopic (exact) mass is 614 g/mol. The molecule has 5 heteroatoms. The molecule has 0 aliphatic heterocycles. The molecule has 0 radical (unpaired) electrons.